The average molecular weight is 437 g/mol. The molecule has 172 valence electrons. The van der Waals surface area contributed by atoms with Crippen LogP contribution in [0.25, 0.3) is 0 Å². The second-order valence-electron chi connectivity index (χ2n) is 9.28. The van der Waals surface area contributed by atoms with Crippen molar-refractivity contribution >= 4 is 6.29 Å². The summed E-state index contributed by atoms with van der Waals surface area (Å²) in [6, 6.07) is 20.8. The number of piperazine rings is 1. The Labute approximate surface area is 192 Å². The van der Waals surface area contributed by atoms with Gasteiger partial charge in [0.2, 0.25) is 0 Å². The molecule has 0 N–H and O–H groups in total. The Bertz CT molecular complexity index is 774. The summed E-state index contributed by atoms with van der Waals surface area (Å²) in [5.41, 5.74) is 2.12. The topological polar surface area (TPSA) is 42.0 Å². The van der Waals surface area contributed by atoms with Crippen LogP contribution in [0.4, 0.5) is 0 Å². The predicted molar refractivity (Wildman–Crippen MR) is 126 cm³/mol. The highest BCUT2D eigenvalue weighted by atomic mass is 16.5. The van der Waals surface area contributed by atoms with E-state index in [4.69, 9.17) is 9.47 Å². The van der Waals surface area contributed by atoms with Gasteiger partial charge in [0.05, 0.1) is 0 Å². The van der Waals surface area contributed by atoms with Gasteiger partial charge in [0, 0.05) is 44.9 Å². The van der Waals surface area contributed by atoms with Crippen LogP contribution in [-0.4, -0.2) is 67.2 Å². The van der Waals surface area contributed by atoms with Crippen LogP contribution in [-0.2, 0) is 14.3 Å². The summed E-state index contributed by atoms with van der Waals surface area (Å²) in [7, 11) is 0. The number of rotatable bonds is 8. The van der Waals surface area contributed by atoms with Gasteiger partial charge in [-0.15, -0.1) is 0 Å². The van der Waals surface area contributed by atoms with E-state index in [9.17, 15) is 4.79 Å². The molecule has 0 radical (unpaired) electrons. The minimum absolute atomic E-state index is 0.237. The van der Waals surface area contributed by atoms with Gasteiger partial charge >= 0.3 is 0 Å². The van der Waals surface area contributed by atoms with E-state index in [0.717, 1.165) is 63.1 Å². The van der Waals surface area contributed by atoms with Gasteiger partial charge in [-0.1, -0.05) is 60.7 Å². The molecule has 2 aliphatic rings. The van der Waals surface area contributed by atoms with Crippen molar-refractivity contribution in [3.05, 3.63) is 71.8 Å². The molecule has 2 aromatic carbocycles. The summed E-state index contributed by atoms with van der Waals surface area (Å²) in [4.78, 5) is 17.1. The van der Waals surface area contributed by atoms with Gasteiger partial charge in [-0.25, -0.2) is 0 Å². The molecule has 0 amide bonds. The van der Waals surface area contributed by atoms with Crippen molar-refractivity contribution in [3.8, 4) is 0 Å². The molecular weight excluding hydrogens is 400 g/mol. The highest BCUT2D eigenvalue weighted by Gasteiger charge is 2.37. The Kier molecular flexibility index (Phi) is 8.09. The molecule has 5 nitrogen and oxygen atoms in total. The molecule has 0 spiro atoms. The molecule has 2 aromatic rings. The Morgan fingerprint density at radius 2 is 1.47 bits per heavy atom. The van der Waals surface area contributed by atoms with E-state index in [1.165, 1.54) is 0 Å². The second-order valence-corrected chi connectivity index (χ2v) is 9.28. The van der Waals surface area contributed by atoms with Gasteiger partial charge < -0.3 is 9.47 Å². The number of benzene rings is 2. The van der Waals surface area contributed by atoms with Crippen LogP contribution in [0.5, 0.6) is 0 Å². The molecule has 3 atom stereocenters. The van der Waals surface area contributed by atoms with E-state index >= 15 is 0 Å². The van der Waals surface area contributed by atoms with Crippen molar-refractivity contribution in [1.82, 2.24) is 9.80 Å². The summed E-state index contributed by atoms with van der Waals surface area (Å²) >= 11 is 0. The third-order valence-corrected chi connectivity index (χ3v) is 6.81. The lowest BCUT2D eigenvalue weighted by molar-refractivity contribution is -0.154. The average Bonchev–Trinajstić information content (AvgIpc) is 2.82. The summed E-state index contributed by atoms with van der Waals surface area (Å²) in [6.07, 6.45) is 2.40. The monoisotopic (exact) mass is 436 g/mol. The first-order chi connectivity index (χ1) is 15.7. The van der Waals surface area contributed by atoms with E-state index < -0.39 is 6.23 Å². The van der Waals surface area contributed by atoms with Gasteiger partial charge in [-0.3, -0.25) is 14.6 Å². The zero-order valence-electron chi connectivity index (χ0n) is 19.3. The fourth-order valence-corrected chi connectivity index (χ4v) is 5.31. The first-order valence-electron chi connectivity index (χ1n) is 11.9. The van der Waals surface area contributed by atoms with Crippen LogP contribution < -0.4 is 0 Å². The molecule has 0 bridgehead atoms. The molecule has 4 rings (SSSR count). The first-order valence-corrected chi connectivity index (χ1v) is 11.9. The number of carbonyl (C=O) groups is 1. The lowest BCUT2D eigenvalue weighted by Crippen LogP contribution is -2.61. The molecule has 2 fully saturated rings. The Morgan fingerprint density at radius 3 is 1.97 bits per heavy atom. The molecule has 0 aliphatic carbocycles. The predicted octanol–water partition coefficient (Wildman–Crippen LogP) is 4.14. The number of hydrogen-bond acceptors (Lipinski definition) is 5. The molecule has 32 heavy (non-hydrogen) atoms. The maximum atomic E-state index is 12.3. The Balaban J connectivity index is 1.47. The summed E-state index contributed by atoms with van der Waals surface area (Å²) in [5, 5.41) is 0. The normalized spacial score (nSPS) is 24.5. The van der Waals surface area contributed by atoms with Gasteiger partial charge in [0.25, 0.3) is 0 Å². The molecule has 2 heterocycles. The summed E-state index contributed by atoms with van der Waals surface area (Å²) in [6.45, 7) is 9.23. The van der Waals surface area contributed by atoms with Crippen LogP contribution in [0, 0.1) is 5.92 Å². The van der Waals surface area contributed by atoms with Gasteiger partial charge in [0.15, 0.2) is 12.5 Å². The van der Waals surface area contributed by atoms with Crippen molar-refractivity contribution in [3.63, 3.8) is 0 Å². The lowest BCUT2D eigenvalue weighted by atomic mass is 9.98. The van der Waals surface area contributed by atoms with Crippen LogP contribution in [0.15, 0.2) is 60.7 Å². The van der Waals surface area contributed by atoms with E-state index in [1.807, 2.05) is 36.4 Å². The molecule has 2 aliphatic heterocycles. The smallest absolute Gasteiger partial charge is 0.168 e. The maximum Gasteiger partial charge on any atom is 0.168 e. The molecule has 3 unspecified atom stereocenters. The van der Waals surface area contributed by atoms with Crippen molar-refractivity contribution in [1.29, 1.82) is 0 Å². The van der Waals surface area contributed by atoms with E-state index in [-0.39, 0.29) is 18.2 Å². The third-order valence-electron chi connectivity index (χ3n) is 6.81. The molecular formula is C27H36N2O3. The lowest BCUT2D eigenvalue weighted by Gasteiger charge is -2.47. The van der Waals surface area contributed by atoms with E-state index in [0.29, 0.717) is 5.92 Å². The largest absolute Gasteiger partial charge is 0.381 e. The Hall–Kier alpha value is -2.05. The van der Waals surface area contributed by atoms with E-state index in [1.54, 1.807) is 0 Å². The zero-order valence-corrected chi connectivity index (χ0v) is 19.3. The number of ether oxygens (including phenoxy) is 2. The molecule has 0 aromatic heterocycles. The first kappa shape index (κ1) is 23.1. The SMILES string of the molecule is CC1CN(CC2CCOCC2)CC(C)N1C(C=O)OC(c1ccccc1)c1ccccc1. The van der Waals surface area contributed by atoms with Gasteiger partial charge in [-0.2, -0.15) is 0 Å². The van der Waals surface area contributed by atoms with Crippen molar-refractivity contribution in [2.24, 2.45) is 5.92 Å². The minimum Gasteiger partial charge on any atom is -0.381 e. The van der Waals surface area contributed by atoms with Crippen molar-refractivity contribution in [2.75, 3.05) is 32.8 Å². The summed E-state index contributed by atoms with van der Waals surface area (Å²) in [5.74, 6) is 0.716. The Morgan fingerprint density at radius 1 is 0.938 bits per heavy atom. The van der Waals surface area contributed by atoms with E-state index in [2.05, 4.69) is 47.9 Å². The third kappa shape index (κ3) is 5.65. The number of carbonyl (C=O) groups excluding carboxylic acids is 1. The zero-order chi connectivity index (χ0) is 22.3. The highest BCUT2D eigenvalue weighted by Crippen LogP contribution is 2.30. The van der Waals surface area contributed by atoms with Crippen molar-refractivity contribution in [2.45, 2.75) is 51.1 Å². The number of aldehydes is 1. The van der Waals surface area contributed by atoms with Crippen LogP contribution in [0.3, 0.4) is 0 Å². The molecule has 0 saturated carbocycles. The van der Waals surface area contributed by atoms with Gasteiger partial charge in [-0.05, 0) is 43.7 Å². The minimum atomic E-state index is -0.587. The quantitative estimate of drug-likeness (QED) is 0.582. The van der Waals surface area contributed by atoms with Crippen LogP contribution >= 0.6 is 0 Å². The standard InChI is InChI=1S/C27H36N2O3/c1-21-17-28(19-23-13-15-31-16-14-23)18-22(2)29(21)26(20-30)32-27(24-9-5-3-6-10-24)25-11-7-4-8-12-25/h3-12,20-23,26-27H,13-19H2,1-2H3. The maximum absolute atomic E-state index is 12.3. The fourth-order valence-electron chi connectivity index (χ4n) is 5.31. The number of nitrogens with zero attached hydrogens (tertiary/aromatic N) is 2. The molecule has 5 heteroatoms. The van der Waals surface area contributed by atoms with Crippen LogP contribution in [0.2, 0.25) is 0 Å². The second kappa shape index (κ2) is 11.2. The summed E-state index contributed by atoms with van der Waals surface area (Å²) < 4.78 is 12.1. The highest BCUT2D eigenvalue weighted by molar-refractivity contribution is 5.56. The fraction of sp³-hybridized carbons (Fsp3) is 0.519. The van der Waals surface area contributed by atoms with Crippen molar-refractivity contribution < 1.29 is 14.3 Å². The number of hydrogen-bond donors (Lipinski definition) is 0. The van der Waals surface area contributed by atoms with Gasteiger partial charge in [0.1, 0.15) is 6.10 Å². The van der Waals surface area contributed by atoms with Crippen LogP contribution in [0.1, 0.15) is 43.9 Å². The molecule has 2 saturated heterocycles.